The summed E-state index contributed by atoms with van der Waals surface area (Å²) in [6, 6.07) is 0. The van der Waals surface area contributed by atoms with E-state index in [1.165, 1.54) is 4.68 Å². The minimum Gasteiger partial charge on any atom is -0.258 e. The van der Waals surface area contributed by atoms with Crippen molar-refractivity contribution in [1.29, 1.82) is 0 Å². The fraction of sp³-hybridized carbons (Fsp3) is 0.625. The van der Waals surface area contributed by atoms with E-state index in [0.29, 0.717) is 17.1 Å². The Morgan fingerprint density at radius 3 is 2.61 bits per heavy atom. The molecule has 1 heterocycles. The van der Waals surface area contributed by atoms with Gasteiger partial charge in [0.15, 0.2) is 5.03 Å². The molecule has 0 spiro atoms. The Labute approximate surface area is 109 Å². The zero-order chi connectivity index (χ0) is 13.9. The average Bonchev–Trinajstić information content (AvgIpc) is 2.54. The lowest BCUT2D eigenvalue weighted by Gasteiger charge is -2.00. The number of hydrogen-bond donors (Lipinski definition) is 1. The topological polar surface area (TPSA) is 121 Å². The summed E-state index contributed by atoms with van der Waals surface area (Å²) in [5.41, 5.74) is 0.333. The maximum atomic E-state index is 11.0. The van der Waals surface area contributed by atoms with Gasteiger partial charge in [-0.3, -0.25) is 14.8 Å². The molecule has 0 aliphatic rings. The second-order valence-electron chi connectivity index (χ2n) is 3.55. The number of primary sulfonamides is 1. The summed E-state index contributed by atoms with van der Waals surface area (Å²) in [6.45, 7) is 1.77. The molecule has 2 N–H and O–H groups in total. The summed E-state index contributed by atoms with van der Waals surface area (Å²) < 4.78 is 23.0. The molecule has 0 radical (unpaired) electrons. The fourth-order valence-corrected chi connectivity index (χ4v) is 3.40. The number of aryl methyl sites for hydroxylation is 2. The van der Waals surface area contributed by atoms with E-state index >= 15 is 0 Å². The van der Waals surface area contributed by atoms with E-state index in [2.05, 4.69) is 5.10 Å². The summed E-state index contributed by atoms with van der Waals surface area (Å²) >= 11 is 1.06. The average molecular weight is 294 g/mol. The van der Waals surface area contributed by atoms with Crippen molar-refractivity contribution >= 4 is 27.5 Å². The van der Waals surface area contributed by atoms with Gasteiger partial charge in [-0.1, -0.05) is 18.7 Å². The number of nitrogens with zero attached hydrogens (tertiary/aromatic N) is 3. The van der Waals surface area contributed by atoms with Gasteiger partial charge >= 0.3 is 5.69 Å². The first-order valence-electron chi connectivity index (χ1n) is 5.09. The predicted molar refractivity (Wildman–Crippen MR) is 67.9 cm³/mol. The quantitative estimate of drug-likeness (QED) is 0.456. The van der Waals surface area contributed by atoms with Crippen molar-refractivity contribution in [2.24, 2.45) is 12.2 Å². The van der Waals surface area contributed by atoms with Crippen molar-refractivity contribution < 1.29 is 13.3 Å². The summed E-state index contributed by atoms with van der Waals surface area (Å²) in [5, 5.41) is 20.2. The molecule has 0 fully saturated rings. The van der Waals surface area contributed by atoms with Crippen molar-refractivity contribution in [2.75, 3.05) is 11.5 Å². The first-order chi connectivity index (χ1) is 8.26. The van der Waals surface area contributed by atoms with Crippen LogP contribution in [0.25, 0.3) is 0 Å². The summed E-state index contributed by atoms with van der Waals surface area (Å²) in [6.07, 6.45) is 0.444. The van der Waals surface area contributed by atoms with Gasteiger partial charge in [-0.15, -0.1) is 0 Å². The van der Waals surface area contributed by atoms with Gasteiger partial charge in [0.25, 0.3) is 0 Å². The van der Waals surface area contributed by atoms with Crippen LogP contribution in [-0.4, -0.2) is 34.6 Å². The van der Waals surface area contributed by atoms with Gasteiger partial charge < -0.3 is 0 Å². The van der Waals surface area contributed by atoms with Gasteiger partial charge in [0.1, 0.15) is 5.69 Å². The molecule has 10 heteroatoms. The molecule has 1 rings (SSSR count). The predicted octanol–water partition coefficient (Wildman–Crippen LogP) is 0.271. The largest absolute Gasteiger partial charge is 0.323 e. The van der Waals surface area contributed by atoms with E-state index in [1.54, 1.807) is 14.0 Å². The van der Waals surface area contributed by atoms with Crippen LogP contribution in [0.15, 0.2) is 5.03 Å². The van der Waals surface area contributed by atoms with Crippen LogP contribution in [0.5, 0.6) is 0 Å². The molecule has 0 bridgehead atoms. The lowest BCUT2D eigenvalue weighted by Crippen LogP contribution is -2.18. The Balaban J connectivity index is 2.94. The standard InChI is InChI=1S/C8H14N4O4S2/c1-3-6-7(12(13)14)8(11(2)10-6)17-4-5-18(9,15)16/h3-5H2,1-2H3,(H2,9,15,16). The molecule has 0 atom stereocenters. The molecule has 0 amide bonds. The molecule has 0 saturated heterocycles. The van der Waals surface area contributed by atoms with Crippen LogP contribution >= 0.6 is 11.8 Å². The normalized spacial score (nSPS) is 11.7. The van der Waals surface area contributed by atoms with Gasteiger partial charge in [0, 0.05) is 12.8 Å². The highest BCUT2D eigenvalue weighted by Gasteiger charge is 2.25. The molecule has 102 valence electrons. The fourth-order valence-electron chi connectivity index (χ4n) is 1.39. The first kappa shape index (κ1) is 14.9. The monoisotopic (exact) mass is 294 g/mol. The molecule has 0 saturated carbocycles. The third-order valence-electron chi connectivity index (χ3n) is 2.16. The van der Waals surface area contributed by atoms with Crippen LogP contribution in [0.1, 0.15) is 12.6 Å². The number of aromatic nitrogens is 2. The van der Waals surface area contributed by atoms with E-state index < -0.39 is 14.9 Å². The van der Waals surface area contributed by atoms with Crippen molar-refractivity contribution in [3.63, 3.8) is 0 Å². The van der Waals surface area contributed by atoms with E-state index in [9.17, 15) is 18.5 Å². The van der Waals surface area contributed by atoms with Crippen LogP contribution in [0.4, 0.5) is 5.69 Å². The maximum absolute atomic E-state index is 11.0. The molecular weight excluding hydrogens is 280 g/mol. The van der Waals surface area contributed by atoms with Crippen LogP contribution in [0.2, 0.25) is 0 Å². The van der Waals surface area contributed by atoms with Crippen LogP contribution < -0.4 is 5.14 Å². The second kappa shape index (κ2) is 5.67. The van der Waals surface area contributed by atoms with Gasteiger partial charge in [0.05, 0.1) is 10.7 Å². The van der Waals surface area contributed by atoms with E-state index in [-0.39, 0.29) is 17.2 Å². The first-order valence-corrected chi connectivity index (χ1v) is 7.80. The molecular formula is C8H14N4O4S2. The van der Waals surface area contributed by atoms with E-state index in [1.807, 2.05) is 0 Å². The van der Waals surface area contributed by atoms with Crippen molar-refractivity contribution in [3.05, 3.63) is 15.8 Å². The Hall–Kier alpha value is -1.13. The molecule has 1 aromatic heterocycles. The lowest BCUT2D eigenvalue weighted by molar-refractivity contribution is -0.388. The number of thioether (sulfide) groups is 1. The minimum atomic E-state index is -3.56. The number of nitro groups is 1. The van der Waals surface area contributed by atoms with Crippen molar-refractivity contribution in [1.82, 2.24) is 9.78 Å². The van der Waals surface area contributed by atoms with E-state index in [4.69, 9.17) is 5.14 Å². The molecule has 0 aromatic carbocycles. The van der Waals surface area contributed by atoms with Crippen LogP contribution in [0.3, 0.4) is 0 Å². The molecule has 8 nitrogen and oxygen atoms in total. The zero-order valence-corrected chi connectivity index (χ0v) is 11.6. The molecule has 18 heavy (non-hydrogen) atoms. The summed E-state index contributed by atoms with van der Waals surface area (Å²) in [7, 11) is -1.97. The number of sulfonamides is 1. The summed E-state index contributed by atoms with van der Waals surface area (Å²) in [4.78, 5) is 10.5. The Kier molecular flexibility index (Phi) is 4.71. The number of rotatable bonds is 6. The van der Waals surface area contributed by atoms with Crippen LogP contribution in [0, 0.1) is 10.1 Å². The Bertz CT molecular complexity index is 552. The van der Waals surface area contributed by atoms with Crippen LogP contribution in [-0.2, 0) is 23.5 Å². The SMILES string of the molecule is CCc1nn(C)c(SCCS(N)(=O)=O)c1[N+](=O)[O-]. The third-order valence-corrected chi connectivity index (χ3v) is 4.34. The van der Waals surface area contributed by atoms with Crippen molar-refractivity contribution in [3.8, 4) is 0 Å². The smallest absolute Gasteiger partial charge is 0.258 e. The van der Waals surface area contributed by atoms with Gasteiger partial charge in [0.2, 0.25) is 10.0 Å². The lowest BCUT2D eigenvalue weighted by atomic mass is 10.3. The Morgan fingerprint density at radius 1 is 1.56 bits per heavy atom. The minimum absolute atomic E-state index is 0.0561. The maximum Gasteiger partial charge on any atom is 0.323 e. The molecule has 0 aliphatic heterocycles. The Morgan fingerprint density at radius 2 is 2.17 bits per heavy atom. The van der Waals surface area contributed by atoms with E-state index in [0.717, 1.165) is 11.8 Å². The zero-order valence-electron chi connectivity index (χ0n) is 9.99. The molecule has 1 aromatic rings. The second-order valence-corrected chi connectivity index (χ2v) is 6.37. The highest BCUT2D eigenvalue weighted by molar-refractivity contribution is 8.00. The van der Waals surface area contributed by atoms with Gasteiger partial charge in [-0.25, -0.2) is 13.6 Å². The van der Waals surface area contributed by atoms with Crippen molar-refractivity contribution in [2.45, 2.75) is 18.4 Å². The highest BCUT2D eigenvalue weighted by atomic mass is 32.2. The molecule has 0 aliphatic carbocycles. The van der Waals surface area contributed by atoms with Gasteiger partial charge in [-0.2, -0.15) is 5.10 Å². The third kappa shape index (κ3) is 3.68. The number of nitrogens with two attached hydrogens (primary N) is 1. The number of hydrogen-bond acceptors (Lipinski definition) is 6. The summed E-state index contributed by atoms with van der Waals surface area (Å²) in [5.74, 6) is -0.0795. The highest BCUT2D eigenvalue weighted by Crippen LogP contribution is 2.32. The molecule has 0 unspecified atom stereocenters. The van der Waals surface area contributed by atoms with Gasteiger partial charge in [-0.05, 0) is 6.42 Å².